The molecule has 0 amide bonds. The first kappa shape index (κ1) is 11.9. The van der Waals surface area contributed by atoms with Gasteiger partial charge in [0.1, 0.15) is 6.23 Å². The molecule has 0 aromatic heterocycles. The summed E-state index contributed by atoms with van der Waals surface area (Å²) in [5.74, 6) is 0. The van der Waals surface area contributed by atoms with Crippen LogP contribution in [-0.4, -0.2) is 54.4 Å². The Balaban J connectivity index is 3.85. The molecule has 2 atom stereocenters. The van der Waals surface area contributed by atoms with Gasteiger partial charge in [-0.3, -0.25) is 4.90 Å². The lowest BCUT2D eigenvalue weighted by atomic mass is 10.3. The van der Waals surface area contributed by atoms with Crippen LogP contribution in [-0.2, 0) is 0 Å². The first-order valence-corrected chi connectivity index (χ1v) is 4.57. The number of rotatable bonds is 5. The Labute approximate surface area is 76.0 Å². The average Bonchev–Trinajstić information content (AvgIpc) is 1.98. The van der Waals surface area contributed by atoms with Crippen molar-refractivity contribution >= 4 is 0 Å². The van der Waals surface area contributed by atoms with E-state index in [1.165, 1.54) is 0 Å². The van der Waals surface area contributed by atoms with Gasteiger partial charge in [-0.2, -0.15) is 0 Å². The third-order valence-electron chi connectivity index (χ3n) is 2.31. The topological polar surface area (TPSA) is 26.7 Å². The van der Waals surface area contributed by atoms with Crippen LogP contribution in [0.25, 0.3) is 0 Å². The molecule has 0 radical (unpaired) electrons. The SMILES string of the molecule is CCN(CC(C)N(C)C)C(C)O. The van der Waals surface area contributed by atoms with E-state index < -0.39 is 0 Å². The molecule has 0 rings (SSSR count). The quantitative estimate of drug-likeness (QED) is 0.618. The number of hydrogen-bond acceptors (Lipinski definition) is 3. The van der Waals surface area contributed by atoms with E-state index in [9.17, 15) is 5.11 Å². The third kappa shape index (κ3) is 4.04. The molecular weight excluding hydrogens is 152 g/mol. The molecule has 2 unspecified atom stereocenters. The number of likely N-dealkylation sites (N-methyl/N-ethyl adjacent to an activating group) is 2. The molecule has 1 N–H and O–H groups in total. The molecule has 74 valence electrons. The Morgan fingerprint density at radius 2 is 1.75 bits per heavy atom. The standard InChI is InChI=1S/C9H22N2O/c1-6-11(9(3)12)7-8(2)10(4)5/h8-9,12H,6-7H2,1-5H3. The maximum absolute atomic E-state index is 9.35. The van der Waals surface area contributed by atoms with Gasteiger partial charge in [0.2, 0.25) is 0 Å². The normalized spacial score (nSPS) is 17.0. The van der Waals surface area contributed by atoms with Crippen molar-refractivity contribution in [1.29, 1.82) is 0 Å². The zero-order chi connectivity index (χ0) is 9.72. The van der Waals surface area contributed by atoms with Crippen LogP contribution in [0.5, 0.6) is 0 Å². The number of aliphatic hydroxyl groups is 1. The molecule has 0 saturated heterocycles. The molecule has 0 aliphatic rings. The highest BCUT2D eigenvalue weighted by atomic mass is 16.3. The molecule has 0 aromatic rings. The van der Waals surface area contributed by atoms with Crippen LogP contribution >= 0.6 is 0 Å². The highest BCUT2D eigenvalue weighted by Gasteiger charge is 2.13. The van der Waals surface area contributed by atoms with Gasteiger partial charge in [0.25, 0.3) is 0 Å². The summed E-state index contributed by atoms with van der Waals surface area (Å²) in [4.78, 5) is 4.20. The Morgan fingerprint density at radius 1 is 1.25 bits per heavy atom. The van der Waals surface area contributed by atoms with Crippen molar-refractivity contribution in [3.8, 4) is 0 Å². The minimum absolute atomic E-state index is 0.336. The van der Waals surface area contributed by atoms with Crippen LogP contribution in [0.1, 0.15) is 20.8 Å². The second kappa shape index (κ2) is 5.51. The largest absolute Gasteiger partial charge is 0.379 e. The van der Waals surface area contributed by atoms with E-state index in [0.29, 0.717) is 6.04 Å². The fourth-order valence-corrected chi connectivity index (χ4v) is 1.05. The molecule has 0 aliphatic heterocycles. The maximum Gasteiger partial charge on any atom is 0.104 e. The van der Waals surface area contributed by atoms with Gasteiger partial charge in [0.15, 0.2) is 0 Å². The summed E-state index contributed by atoms with van der Waals surface area (Å²) in [6, 6.07) is 0.486. The lowest BCUT2D eigenvalue weighted by Crippen LogP contribution is -2.42. The van der Waals surface area contributed by atoms with Gasteiger partial charge in [-0.25, -0.2) is 0 Å². The van der Waals surface area contributed by atoms with E-state index in [0.717, 1.165) is 13.1 Å². The van der Waals surface area contributed by atoms with Gasteiger partial charge in [-0.05, 0) is 34.5 Å². The zero-order valence-electron chi connectivity index (χ0n) is 8.91. The maximum atomic E-state index is 9.35. The minimum atomic E-state index is -0.336. The number of aliphatic hydroxyl groups excluding tert-OH is 1. The zero-order valence-corrected chi connectivity index (χ0v) is 8.91. The van der Waals surface area contributed by atoms with E-state index in [1.807, 2.05) is 11.8 Å². The lowest BCUT2D eigenvalue weighted by molar-refractivity contribution is 0.00953. The fourth-order valence-electron chi connectivity index (χ4n) is 1.05. The summed E-state index contributed by atoms with van der Waals surface area (Å²) in [5.41, 5.74) is 0. The fraction of sp³-hybridized carbons (Fsp3) is 1.00. The average molecular weight is 174 g/mol. The first-order chi connectivity index (χ1) is 5.49. The molecule has 0 saturated carbocycles. The predicted octanol–water partition coefficient (Wildman–Crippen LogP) is 0.597. The van der Waals surface area contributed by atoms with Crippen LogP contribution in [0.4, 0.5) is 0 Å². The van der Waals surface area contributed by atoms with Crippen LogP contribution in [0.2, 0.25) is 0 Å². The van der Waals surface area contributed by atoms with Gasteiger partial charge in [0, 0.05) is 12.6 Å². The van der Waals surface area contributed by atoms with E-state index in [4.69, 9.17) is 0 Å². The van der Waals surface area contributed by atoms with E-state index in [2.05, 4.69) is 32.8 Å². The Hall–Kier alpha value is -0.120. The summed E-state index contributed by atoms with van der Waals surface area (Å²) < 4.78 is 0. The van der Waals surface area contributed by atoms with E-state index in [1.54, 1.807) is 0 Å². The molecule has 3 heteroatoms. The number of nitrogens with zero attached hydrogens (tertiary/aromatic N) is 2. The molecule has 12 heavy (non-hydrogen) atoms. The Bertz CT molecular complexity index is 115. The van der Waals surface area contributed by atoms with Crippen molar-refractivity contribution in [2.75, 3.05) is 27.2 Å². The van der Waals surface area contributed by atoms with Crippen molar-refractivity contribution in [2.24, 2.45) is 0 Å². The van der Waals surface area contributed by atoms with Gasteiger partial charge in [0.05, 0.1) is 0 Å². The van der Waals surface area contributed by atoms with Crippen molar-refractivity contribution in [2.45, 2.75) is 33.0 Å². The van der Waals surface area contributed by atoms with Crippen molar-refractivity contribution in [3.63, 3.8) is 0 Å². The van der Waals surface area contributed by atoms with Crippen LogP contribution in [0, 0.1) is 0 Å². The first-order valence-electron chi connectivity index (χ1n) is 4.57. The monoisotopic (exact) mass is 174 g/mol. The molecule has 0 spiro atoms. The van der Waals surface area contributed by atoms with Gasteiger partial charge in [-0.15, -0.1) is 0 Å². The summed E-state index contributed by atoms with van der Waals surface area (Å²) in [6.07, 6.45) is -0.336. The lowest BCUT2D eigenvalue weighted by Gasteiger charge is -2.29. The molecule has 0 fully saturated rings. The van der Waals surface area contributed by atoms with Crippen LogP contribution in [0.15, 0.2) is 0 Å². The highest BCUT2D eigenvalue weighted by Crippen LogP contribution is 2.00. The van der Waals surface area contributed by atoms with Gasteiger partial charge >= 0.3 is 0 Å². The van der Waals surface area contributed by atoms with E-state index in [-0.39, 0.29) is 6.23 Å². The smallest absolute Gasteiger partial charge is 0.104 e. The van der Waals surface area contributed by atoms with Crippen molar-refractivity contribution in [3.05, 3.63) is 0 Å². The summed E-state index contributed by atoms with van der Waals surface area (Å²) in [5, 5.41) is 9.35. The summed E-state index contributed by atoms with van der Waals surface area (Å²) in [6.45, 7) is 7.85. The Morgan fingerprint density at radius 3 is 2.00 bits per heavy atom. The van der Waals surface area contributed by atoms with Crippen molar-refractivity contribution in [1.82, 2.24) is 9.80 Å². The molecular formula is C9H22N2O. The minimum Gasteiger partial charge on any atom is -0.379 e. The molecule has 3 nitrogen and oxygen atoms in total. The Kier molecular flexibility index (Phi) is 5.46. The second-order valence-corrected chi connectivity index (χ2v) is 3.53. The van der Waals surface area contributed by atoms with Crippen LogP contribution in [0.3, 0.4) is 0 Å². The predicted molar refractivity (Wildman–Crippen MR) is 52.1 cm³/mol. The molecule has 0 heterocycles. The molecule has 0 aliphatic carbocycles. The molecule has 0 bridgehead atoms. The van der Waals surface area contributed by atoms with Crippen molar-refractivity contribution < 1.29 is 5.11 Å². The third-order valence-corrected chi connectivity index (χ3v) is 2.31. The highest BCUT2D eigenvalue weighted by molar-refractivity contribution is 4.66. The van der Waals surface area contributed by atoms with Crippen LogP contribution < -0.4 is 0 Å². The van der Waals surface area contributed by atoms with Gasteiger partial charge in [-0.1, -0.05) is 6.92 Å². The molecule has 0 aromatic carbocycles. The summed E-state index contributed by atoms with van der Waals surface area (Å²) >= 11 is 0. The van der Waals surface area contributed by atoms with Gasteiger partial charge < -0.3 is 10.0 Å². The summed E-state index contributed by atoms with van der Waals surface area (Å²) in [7, 11) is 4.11. The number of hydrogen-bond donors (Lipinski definition) is 1. The van der Waals surface area contributed by atoms with E-state index >= 15 is 0 Å². The second-order valence-electron chi connectivity index (χ2n) is 3.53.